The number of nitrogens with zero attached hydrogens (tertiary/aromatic N) is 1. The molecular weight excluding hydrogens is 348 g/mol. The van der Waals surface area contributed by atoms with Gasteiger partial charge in [-0.3, -0.25) is 9.59 Å². The lowest BCUT2D eigenvalue weighted by molar-refractivity contribution is -0.135. The average molecular weight is 378 g/mol. The van der Waals surface area contributed by atoms with E-state index in [4.69, 9.17) is 9.47 Å². The average Bonchev–Trinajstić information content (AvgIpc) is 2.95. The molecule has 1 aliphatic rings. The van der Waals surface area contributed by atoms with Crippen LogP contribution >= 0.6 is 0 Å². The smallest absolute Gasteiger partial charge is 0.354 e. The minimum absolute atomic E-state index is 0.0150. The second-order valence-corrected chi connectivity index (χ2v) is 7.25. The molecule has 2 rings (SSSR count). The van der Waals surface area contributed by atoms with E-state index >= 15 is 0 Å². The molecule has 1 N–H and O–H groups in total. The van der Waals surface area contributed by atoms with Crippen molar-refractivity contribution in [3.8, 4) is 0 Å². The standard InChI is InChI=1S/C20H30N2O5/c1-13-18(14(2)21-19(13)20(25)27-4)16(23)11-22(17(24)12-26-3)10-15-8-6-5-7-9-15/h15,21H,5-12H2,1-4H3. The Labute approximate surface area is 160 Å². The Bertz CT molecular complexity index is 689. The van der Waals surface area contributed by atoms with Crippen molar-refractivity contribution < 1.29 is 23.9 Å². The van der Waals surface area contributed by atoms with Crippen LogP contribution in [-0.4, -0.2) is 61.5 Å². The second-order valence-electron chi connectivity index (χ2n) is 7.25. The summed E-state index contributed by atoms with van der Waals surface area (Å²) in [6.07, 6.45) is 5.74. The fourth-order valence-corrected chi connectivity index (χ4v) is 3.88. The minimum Gasteiger partial charge on any atom is -0.464 e. The molecular formula is C20H30N2O5. The molecule has 27 heavy (non-hydrogen) atoms. The molecule has 1 heterocycles. The summed E-state index contributed by atoms with van der Waals surface area (Å²) in [5.74, 6) is -0.456. The first-order chi connectivity index (χ1) is 12.9. The van der Waals surface area contributed by atoms with Gasteiger partial charge in [0.05, 0.1) is 13.7 Å². The third kappa shape index (κ3) is 5.19. The van der Waals surface area contributed by atoms with E-state index in [9.17, 15) is 14.4 Å². The Morgan fingerprint density at radius 1 is 1.11 bits per heavy atom. The van der Waals surface area contributed by atoms with E-state index < -0.39 is 5.97 Å². The van der Waals surface area contributed by atoms with Gasteiger partial charge < -0.3 is 19.4 Å². The molecule has 0 aliphatic heterocycles. The van der Waals surface area contributed by atoms with Crippen LogP contribution in [0.2, 0.25) is 0 Å². The Balaban J connectivity index is 2.18. The van der Waals surface area contributed by atoms with E-state index in [-0.39, 0.29) is 30.5 Å². The first-order valence-corrected chi connectivity index (χ1v) is 9.46. The molecule has 0 atom stereocenters. The molecule has 7 nitrogen and oxygen atoms in total. The number of esters is 1. The van der Waals surface area contributed by atoms with E-state index in [1.165, 1.54) is 33.5 Å². The molecule has 0 spiro atoms. The predicted octanol–water partition coefficient (Wildman–Crippen LogP) is 2.66. The number of carbonyl (C=O) groups excluding carboxylic acids is 3. The van der Waals surface area contributed by atoms with Gasteiger partial charge in [-0.25, -0.2) is 4.79 Å². The highest BCUT2D eigenvalue weighted by Gasteiger charge is 2.27. The van der Waals surface area contributed by atoms with E-state index in [2.05, 4.69) is 4.98 Å². The number of aromatic nitrogens is 1. The third-order valence-electron chi connectivity index (χ3n) is 5.26. The normalized spacial score (nSPS) is 14.8. The molecule has 1 aliphatic carbocycles. The van der Waals surface area contributed by atoms with Crippen LogP contribution in [0.5, 0.6) is 0 Å². The highest BCUT2D eigenvalue weighted by Crippen LogP contribution is 2.25. The van der Waals surface area contributed by atoms with Crippen molar-refractivity contribution in [3.05, 3.63) is 22.5 Å². The van der Waals surface area contributed by atoms with Crippen molar-refractivity contribution in [2.24, 2.45) is 5.92 Å². The van der Waals surface area contributed by atoms with Crippen molar-refractivity contribution in [1.29, 1.82) is 0 Å². The number of nitrogens with one attached hydrogen (secondary N) is 1. The number of amides is 1. The van der Waals surface area contributed by atoms with Crippen molar-refractivity contribution in [1.82, 2.24) is 9.88 Å². The lowest BCUT2D eigenvalue weighted by Crippen LogP contribution is -2.41. The van der Waals surface area contributed by atoms with Crippen LogP contribution in [0.15, 0.2) is 0 Å². The zero-order valence-electron chi connectivity index (χ0n) is 16.7. The molecule has 0 unspecified atom stereocenters. The van der Waals surface area contributed by atoms with Gasteiger partial charge in [0, 0.05) is 24.9 Å². The predicted molar refractivity (Wildman–Crippen MR) is 101 cm³/mol. The van der Waals surface area contributed by atoms with Gasteiger partial charge in [-0.2, -0.15) is 0 Å². The minimum atomic E-state index is -0.510. The summed E-state index contributed by atoms with van der Waals surface area (Å²) >= 11 is 0. The lowest BCUT2D eigenvalue weighted by atomic mass is 9.89. The first kappa shape index (κ1) is 21.2. The van der Waals surface area contributed by atoms with Crippen molar-refractivity contribution in [2.45, 2.75) is 46.0 Å². The molecule has 7 heteroatoms. The molecule has 150 valence electrons. The number of methoxy groups -OCH3 is 2. The maximum Gasteiger partial charge on any atom is 0.354 e. The number of ketones is 1. The molecule has 0 aromatic carbocycles. The number of rotatable bonds is 8. The summed E-state index contributed by atoms with van der Waals surface area (Å²) in [6.45, 7) is 3.97. The molecule has 1 aromatic heterocycles. The molecule has 0 radical (unpaired) electrons. The lowest BCUT2D eigenvalue weighted by Gasteiger charge is -2.29. The van der Waals surface area contributed by atoms with Crippen LogP contribution in [0, 0.1) is 19.8 Å². The van der Waals surface area contributed by atoms with Gasteiger partial charge in [0.1, 0.15) is 12.3 Å². The molecule has 0 bridgehead atoms. The number of carbonyl (C=O) groups is 3. The van der Waals surface area contributed by atoms with Gasteiger partial charge in [0.15, 0.2) is 5.78 Å². The topological polar surface area (TPSA) is 88.7 Å². The van der Waals surface area contributed by atoms with Crippen LogP contribution in [-0.2, 0) is 14.3 Å². The molecule has 1 amide bonds. The zero-order chi connectivity index (χ0) is 20.0. The van der Waals surface area contributed by atoms with Gasteiger partial charge >= 0.3 is 5.97 Å². The summed E-state index contributed by atoms with van der Waals surface area (Å²) < 4.78 is 9.74. The van der Waals surface area contributed by atoms with Crippen LogP contribution in [0.4, 0.5) is 0 Å². The summed E-state index contributed by atoms with van der Waals surface area (Å²) in [6, 6.07) is 0. The monoisotopic (exact) mass is 378 g/mol. The fraction of sp³-hybridized carbons (Fsp3) is 0.650. The quantitative estimate of drug-likeness (QED) is 0.555. The van der Waals surface area contributed by atoms with Crippen LogP contribution in [0.1, 0.15) is 64.2 Å². The van der Waals surface area contributed by atoms with E-state index in [0.29, 0.717) is 29.3 Å². The number of ether oxygens (including phenoxy) is 2. The van der Waals surface area contributed by atoms with Crippen LogP contribution in [0.3, 0.4) is 0 Å². The molecule has 1 fully saturated rings. The highest BCUT2D eigenvalue weighted by molar-refractivity contribution is 6.04. The maximum absolute atomic E-state index is 13.0. The Kier molecular flexibility index (Phi) is 7.59. The number of hydrogen-bond donors (Lipinski definition) is 1. The van der Waals surface area contributed by atoms with Crippen LogP contribution in [0.25, 0.3) is 0 Å². The van der Waals surface area contributed by atoms with Gasteiger partial charge in [0.2, 0.25) is 5.91 Å². The Morgan fingerprint density at radius 3 is 2.37 bits per heavy atom. The first-order valence-electron chi connectivity index (χ1n) is 9.46. The van der Waals surface area contributed by atoms with Gasteiger partial charge in [0.25, 0.3) is 0 Å². The third-order valence-corrected chi connectivity index (χ3v) is 5.26. The molecule has 1 aromatic rings. The fourth-order valence-electron chi connectivity index (χ4n) is 3.88. The van der Waals surface area contributed by atoms with Gasteiger partial charge in [-0.15, -0.1) is 0 Å². The SMILES string of the molecule is COCC(=O)N(CC(=O)c1c(C)[nH]c(C(=O)OC)c1C)CC1CCCCC1. The molecule has 1 saturated carbocycles. The number of aromatic amines is 1. The number of H-pyrrole nitrogens is 1. The maximum atomic E-state index is 13.0. The van der Waals surface area contributed by atoms with Crippen molar-refractivity contribution in [3.63, 3.8) is 0 Å². The van der Waals surface area contributed by atoms with E-state index in [1.807, 2.05) is 0 Å². The second kappa shape index (κ2) is 9.69. The number of hydrogen-bond acceptors (Lipinski definition) is 5. The molecule has 0 saturated heterocycles. The van der Waals surface area contributed by atoms with E-state index in [1.54, 1.807) is 18.7 Å². The summed E-state index contributed by atoms with van der Waals surface area (Å²) in [4.78, 5) is 41.8. The van der Waals surface area contributed by atoms with E-state index in [0.717, 1.165) is 12.8 Å². The summed E-state index contributed by atoms with van der Waals surface area (Å²) in [7, 11) is 2.77. The van der Waals surface area contributed by atoms with Crippen molar-refractivity contribution in [2.75, 3.05) is 33.9 Å². The number of Topliss-reactive ketones (excluding diaryl/α,β-unsaturated/α-hetero) is 1. The zero-order valence-corrected chi connectivity index (χ0v) is 16.7. The van der Waals surface area contributed by atoms with Gasteiger partial charge in [-0.05, 0) is 38.2 Å². The highest BCUT2D eigenvalue weighted by atomic mass is 16.5. The van der Waals surface area contributed by atoms with Gasteiger partial charge in [-0.1, -0.05) is 19.3 Å². The van der Waals surface area contributed by atoms with Crippen LogP contribution < -0.4 is 0 Å². The van der Waals surface area contributed by atoms with Crippen molar-refractivity contribution >= 4 is 17.7 Å². The number of aryl methyl sites for hydroxylation is 1. The Morgan fingerprint density at radius 2 is 1.78 bits per heavy atom. The summed E-state index contributed by atoms with van der Waals surface area (Å²) in [5, 5.41) is 0. The summed E-state index contributed by atoms with van der Waals surface area (Å²) in [5.41, 5.74) is 1.89. The Hall–Kier alpha value is -2.15. The largest absolute Gasteiger partial charge is 0.464 e.